The lowest BCUT2D eigenvalue weighted by Gasteiger charge is -2.23. The molecule has 1 aromatic heterocycles. The predicted molar refractivity (Wildman–Crippen MR) is 144 cm³/mol. The molecule has 0 aliphatic carbocycles. The summed E-state index contributed by atoms with van der Waals surface area (Å²) in [6, 6.07) is 18.7. The van der Waals surface area contributed by atoms with E-state index in [1.807, 2.05) is 25.1 Å². The van der Waals surface area contributed by atoms with Crippen LogP contribution in [0.25, 0.3) is 16.0 Å². The van der Waals surface area contributed by atoms with Gasteiger partial charge >= 0.3 is 5.91 Å². The smallest absolute Gasteiger partial charge is 0.301 e. The van der Waals surface area contributed by atoms with Crippen LogP contribution in [0, 0.1) is 6.92 Å². The van der Waals surface area contributed by atoms with Gasteiger partial charge in [0.2, 0.25) is 0 Å². The zero-order valence-electron chi connectivity index (χ0n) is 20.3. The number of carbonyl (C=O) groups is 2. The Bertz CT molecular complexity index is 1550. The lowest BCUT2D eigenvalue weighted by atomic mass is 9.95. The number of anilines is 1. The minimum atomic E-state index is -0.888. The number of methoxy groups -OCH3 is 1. The Balaban J connectivity index is 1.68. The van der Waals surface area contributed by atoms with Crippen LogP contribution in [0.15, 0.2) is 85.0 Å². The number of aliphatic hydroxyl groups is 1. The number of aryl methyl sites for hydroxylation is 1. The SMILES string of the molecule is C=CCOc1ccc(C2C(=C(O)c3cccc(OC)c3)C(=O)C(=O)N2c2nc3ccc(C)cc3s2)cc1. The van der Waals surface area contributed by atoms with Crippen molar-refractivity contribution >= 4 is 44.1 Å². The zero-order valence-corrected chi connectivity index (χ0v) is 21.1. The Morgan fingerprint density at radius 3 is 2.62 bits per heavy atom. The first-order valence-electron chi connectivity index (χ1n) is 11.6. The normalized spacial score (nSPS) is 16.8. The number of rotatable bonds is 7. The van der Waals surface area contributed by atoms with Gasteiger partial charge in [0, 0.05) is 5.56 Å². The number of amides is 1. The quantitative estimate of drug-likeness (QED) is 0.146. The van der Waals surface area contributed by atoms with Crippen molar-refractivity contribution in [2.75, 3.05) is 18.6 Å². The number of nitrogens with zero attached hydrogens (tertiary/aromatic N) is 2. The Morgan fingerprint density at radius 1 is 1.11 bits per heavy atom. The van der Waals surface area contributed by atoms with Crippen molar-refractivity contribution in [3.63, 3.8) is 0 Å². The Labute approximate surface area is 217 Å². The summed E-state index contributed by atoms with van der Waals surface area (Å²) < 4.78 is 11.8. The van der Waals surface area contributed by atoms with E-state index < -0.39 is 17.7 Å². The van der Waals surface area contributed by atoms with E-state index in [2.05, 4.69) is 11.6 Å². The summed E-state index contributed by atoms with van der Waals surface area (Å²) in [6.07, 6.45) is 1.64. The molecule has 1 N–H and O–H groups in total. The molecule has 2 heterocycles. The molecule has 8 heteroatoms. The molecule has 0 spiro atoms. The fraction of sp³-hybridized carbons (Fsp3) is 0.138. The van der Waals surface area contributed by atoms with Gasteiger partial charge < -0.3 is 14.6 Å². The second kappa shape index (κ2) is 9.91. The largest absolute Gasteiger partial charge is 0.507 e. The predicted octanol–water partition coefficient (Wildman–Crippen LogP) is 5.80. The molecular weight excluding hydrogens is 488 g/mol. The van der Waals surface area contributed by atoms with Gasteiger partial charge in [-0.1, -0.05) is 54.3 Å². The maximum Gasteiger partial charge on any atom is 0.301 e. The van der Waals surface area contributed by atoms with Gasteiger partial charge in [-0.3, -0.25) is 14.5 Å². The van der Waals surface area contributed by atoms with Gasteiger partial charge in [-0.2, -0.15) is 0 Å². The number of hydrogen-bond donors (Lipinski definition) is 1. The molecule has 1 aliphatic heterocycles. The number of ether oxygens (including phenoxy) is 2. The van der Waals surface area contributed by atoms with Gasteiger partial charge in [0.15, 0.2) is 5.13 Å². The summed E-state index contributed by atoms with van der Waals surface area (Å²) in [6.45, 7) is 5.98. The summed E-state index contributed by atoms with van der Waals surface area (Å²) in [5.74, 6) is -0.692. The van der Waals surface area contributed by atoms with E-state index >= 15 is 0 Å². The number of fused-ring (bicyclic) bond motifs is 1. The van der Waals surface area contributed by atoms with Gasteiger partial charge in [0.1, 0.15) is 23.9 Å². The molecule has 4 aromatic rings. The van der Waals surface area contributed by atoms with Crippen molar-refractivity contribution in [1.29, 1.82) is 0 Å². The van der Waals surface area contributed by atoms with Gasteiger partial charge in [0.25, 0.3) is 5.78 Å². The number of ketones is 1. The highest BCUT2D eigenvalue weighted by Crippen LogP contribution is 2.44. The summed E-state index contributed by atoms with van der Waals surface area (Å²) in [5.41, 5.74) is 2.77. The molecule has 5 rings (SSSR count). The van der Waals surface area contributed by atoms with E-state index in [1.54, 1.807) is 54.6 Å². The van der Waals surface area contributed by atoms with Gasteiger partial charge in [0.05, 0.1) is 28.9 Å². The number of hydrogen-bond acceptors (Lipinski definition) is 7. The number of carbonyl (C=O) groups excluding carboxylic acids is 2. The van der Waals surface area contributed by atoms with E-state index in [-0.39, 0.29) is 11.3 Å². The topological polar surface area (TPSA) is 89.0 Å². The van der Waals surface area contributed by atoms with Crippen LogP contribution in [-0.4, -0.2) is 35.5 Å². The van der Waals surface area contributed by atoms with Crippen molar-refractivity contribution in [2.24, 2.45) is 0 Å². The molecular formula is C29H24N2O5S. The van der Waals surface area contributed by atoms with Crippen LogP contribution in [0.3, 0.4) is 0 Å². The van der Waals surface area contributed by atoms with Crippen molar-refractivity contribution < 1.29 is 24.2 Å². The molecule has 1 saturated heterocycles. The van der Waals surface area contributed by atoms with E-state index in [0.29, 0.717) is 34.4 Å². The fourth-order valence-electron chi connectivity index (χ4n) is 4.30. The Morgan fingerprint density at radius 2 is 1.89 bits per heavy atom. The third-order valence-corrected chi connectivity index (χ3v) is 7.11. The molecule has 1 aliphatic rings. The third kappa shape index (κ3) is 4.47. The molecule has 1 unspecified atom stereocenters. The molecule has 1 amide bonds. The summed E-state index contributed by atoms with van der Waals surface area (Å²) in [5, 5.41) is 11.7. The van der Waals surface area contributed by atoms with Crippen molar-refractivity contribution in [3.05, 3.63) is 102 Å². The summed E-state index contributed by atoms with van der Waals surface area (Å²) in [4.78, 5) is 32.9. The highest BCUT2D eigenvalue weighted by atomic mass is 32.1. The first-order chi connectivity index (χ1) is 17.9. The maximum atomic E-state index is 13.4. The highest BCUT2D eigenvalue weighted by molar-refractivity contribution is 7.22. The van der Waals surface area contributed by atoms with E-state index in [0.717, 1.165) is 15.8 Å². The monoisotopic (exact) mass is 512 g/mol. The first kappa shape index (κ1) is 24.3. The number of aromatic nitrogens is 1. The highest BCUT2D eigenvalue weighted by Gasteiger charge is 2.48. The number of aliphatic hydroxyl groups excluding tert-OH is 1. The summed E-state index contributed by atoms with van der Waals surface area (Å²) >= 11 is 1.32. The minimum absolute atomic E-state index is 0.0200. The summed E-state index contributed by atoms with van der Waals surface area (Å²) in [7, 11) is 1.52. The Kier molecular flexibility index (Phi) is 6.50. The molecule has 1 atom stereocenters. The Hall–Kier alpha value is -4.43. The molecule has 3 aromatic carbocycles. The average Bonchev–Trinajstić information content (AvgIpc) is 3.44. The second-order valence-corrected chi connectivity index (χ2v) is 9.55. The van der Waals surface area contributed by atoms with E-state index in [9.17, 15) is 14.7 Å². The second-order valence-electron chi connectivity index (χ2n) is 8.54. The van der Waals surface area contributed by atoms with E-state index in [1.165, 1.54) is 23.3 Å². The molecule has 37 heavy (non-hydrogen) atoms. The third-order valence-electron chi connectivity index (χ3n) is 6.09. The standard InChI is InChI=1S/C29H24N2O5S/c1-4-14-36-20-11-9-18(10-12-20)25-24(26(32)19-6-5-7-21(16-19)35-3)27(33)28(34)31(25)29-30-22-13-8-17(2)15-23(22)37-29/h4-13,15-16,25,32H,1,14H2,2-3H3. The molecule has 0 radical (unpaired) electrons. The molecule has 0 saturated carbocycles. The van der Waals surface area contributed by atoms with Crippen LogP contribution in [0.5, 0.6) is 11.5 Å². The van der Waals surface area contributed by atoms with Crippen LogP contribution in [0.4, 0.5) is 5.13 Å². The van der Waals surface area contributed by atoms with Crippen molar-refractivity contribution in [3.8, 4) is 11.5 Å². The van der Waals surface area contributed by atoms with Crippen LogP contribution < -0.4 is 14.4 Å². The lowest BCUT2D eigenvalue weighted by molar-refractivity contribution is -0.132. The molecule has 0 bridgehead atoms. The fourth-order valence-corrected chi connectivity index (χ4v) is 5.39. The van der Waals surface area contributed by atoms with Crippen LogP contribution >= 0.6 is 11.3 Å². The van der Waals surface area contributed by atoms with Crippen molar-refractivity contribution in [1.82, 2.24) is 4.98 Å². The van der Waals surface area contributed by atoms with E-state index in [4.69, 9.17) is 9.47 Å². The van der Waals surface area contributed by atoms with Crippen LogP contribution in [0.2, 0.25) is 0 Å². The maximum absolute atomic E-state index is 13.4. The average molecular weight is 513 g/mol. The van der Waals surface area contributed by atoms with Gasteiger partial charge in [-0.15, -0.1) is 0 Å². The lowest BCUT2D eigenvalue weighted by Crippen LogP contribution is -2.29. The number of benzene rings is 3. The van der Waals surface area contributed by atoms with Gasteiger partial charge in [-0.25, -0.2) is 4.98 Å². The molecule has 186 valence electrons. The number of Topliss-reactive ketones (excluding diaryl/α,β-unsaturated/α-hetero) is 1. The van der Waals surface area contributed by atoms with Crippen LogP contribution in [-0.2, 0) is 9.59 Å². The molecule has 1 fully saturated rings. The zero-order chi connectivity index (χ0) is 26.1. The first-order valence-corrected chi connectivity index (χ1v) is 12.4. The van der Waals surface area contributed by atoms with Crippen LogP contribution in [0.1, 0.15) is 22.7 Å². The molecule has 7 nitrogen and oxygen atoms in total. The van der Waals surface area contributed by atoms with Gasteiger partial charge in [-0.05, 0) is 54.4 Å². The van der Waals surface area contributed by atoms with Crippen molar-refractivity contribution in [2.45, 2.75) is 13.0 Å². The number of thiazole rings is 1. The minimum Gasteiger partial charge on any atom is -0.507 e.